The van der Waals surface area contributed by atoms with E-state index in [1.54, 1.807) is 19.6 Å². The third-order valence-corrected chi connectivity index (χ3v) is 1.92. The Kier molecular flexibility index (Phi) is 2.36. The molecule has 1 heterocycles. The van der Waals surface area contributed by atoms with E-state index in [9.17, 15) is 0 Å². The first-order chi connectivity index (χ1) is 6.90. The van der Waals surface area contributed by atoms with E-state index in [1.165, 1.54) is 0 Å². The maximum atomic E-state index is 5.07. The molecule has 1 N–H and O–H groups in total. The molecule has 14 heavy (non-hydrogen) atoms. The van der Waals surface area contributed by atoms with Crippen LogP contribution in [0.15, 0.2) is 41.7 Å². The minimum atomic E-state index is 0.850. The number of nitrogens with one attached hydrogen (secondary N) is 1. The number of hydrogen-bond acceptors (Lipinski definition) is 4. The molecule has 0 spiro atoms. The molecule has 4 heteroatoms. The van der Waals surface area contributed by atoms with Crippen molar-refractivity contribution in [2.45, 2.75) is 0 Å². The zero-order chi connectivity index (χ0) is 9.80. The zero-order valence-corrected chi connectivity index (χ0v) is 7.84. The number of rotatable bonds is 2. The summed E-state index contributed by atoms with van der Waals surface area (Å²) in [7, 11) is 1.65. The van der Waals surface area contributed by atoms with Gasteiger partial charge in [0.05, 0.1) is 12.8 Å². The van der Waals surface area contributed by atoms with Crippen molar-refractivity contribution in [2.75, 3.05) is 12.1 Å². The molecular weight excluding hydrogens is 178 g/mol. The third kappa shape index (κ3) is 1.69. The largest absolute Gasteiger partial charge is 0.497 e. The van der Waals surface area contributed by atoms with Crippen LogP contribution >= 0.6 is 0 Å². The number of anilines is 1. The molecule has 1 aromatic carbocycles. The number of hydrazine groups is 1. The zero-order valence-electron chi connectivity index (χ0n) is 7.84. The quantitative estimate of drug-likeness (QED) is 0.766. The Morgan fingerprint density at radius 2 is 2.07 bits per heavy atom. The van der Waals surface area contributed by atoms with E-state index in [1.807, 2.05) is 35.5 Å². The maximum absolute atomic E-state index is 5.07. The highest BCUT2D eigenvalue weighted by molar-refractivity contribution is 5.64. The highest BCUT2D eigenvalue weighted by Crippen LogP contribution is 2.18. The summed E-state index contributed by atoms with van der Waals surface area (Å²) in [5.41, 5.74) is 4.02. The van der Waals surface area contributed by atoms with Gasteiger partial charge in [-0.3, -0.25) is 10.4 Å². The average molecular weight is 189 g/mol. The van der Waals surface area contributed by atoms with Crippen LogP contribution in [0.25, 0.3) is 0 Å². The lowest BCUT2D eigenvalue weighted by molar-refractivity contribution is 0.415. The molecule has 1 aromatic rings. The monoisotopic (exact) mass is 189 g/mol. The van der Waals surface area contributed by atoms with Crippen molar-refractivity contribution in [3.05, 3.63) is 36.7 Å². The van der Waals surface area contributed by atoms with Gasteiger partial charge in [0.2, 0.25) is 0 Å². The Morgan fingerprint density at radius 1 is 1.29 bits per heavy atom. The van der Waals surface area contributed by atoms with Gasteiger partial charge in [0, 0.05) is 12.4 Å². The first-order valence-corrected chi connectivity index (χ1v) is 4.28. The van der Waals surface area contributed by atoms with Crippen molar-refractivity contribution in [1.82, 2.24) is 5.43 Å². The lowest BCUT2D eigenvalue weighted by atomic mass is 10.3. The van der Waals surface area contributed by atoms with Gasteiger partial charge in [-0.15, -0.1) is 0 Å². The van der Waals surface area contributed by atoms with Crippen LogP contribution in [0.2, 0.25) is 0 Å². The molecule has 72 valence electrons. The summed E-state index contributed by atoms with van der Waals surface area (Å²) in [5.74, 6) is 0.850. The average Bonchev–Trinajstić information content (AvgIpc) is 2.30. The van der Waals surface area contributed by atoms with Crippen LogP contribution in [0.5, 0.6) is 5.75 Å². The van der Waals surface area contributed by atoms with Gasteiger partial charge in [-0.2, -0.15) is 0 Å². The molecule has 0 atom stereocenters. The normalized spacial score (nSPS) is 13.9. The van der Waals surface area contributed by atoms with E-state index in [4.69, 9.17) is 4.74 Å². The summed E-state index contributed by atoms with van der Waals surface area (Å²) in [4.78, 5) is 3.90. The van der Waals surface area contributed by atoms with Crippen LogP contribution in [0.3, 0.4) is 0 Å². The smallest absolute Gasteiger partial charge is 0.119 e. The fraction of sp³-hybridized carbons (Fsp3) is 0.100. The second-order valence-corrected chi connectivity index (χ2v) is 2.77. The van der Waals surface area contributed by atoms with Crippen LogP contribution in [0.4, 0.5) is 5.69 Å². The molecule has 4 nitrogen and oxygen atoms in total. The summed E-state index contributed by atoms with van der Waals surface area (Å²) in [6, 6.07) is 7.76. The Morgan fingerprint density at radius 3 is 2.64 bits per heavy atom. The highest BCUT2D eigenvalue weighted by atomic mass is 16.5. The number of ether oxygens (including phenoxy) is 1. The third-order valence-electron chi connectivity index (χ3n) is 1.92. The van der Waals surface area contributed by atoms with E-state index in [2.05, 4.69) is 10.4 Å². The fourth-order valence-corrected chi connectivity index (χ4v) is 1.19. The molecular formula is C10H11N3O. The SMILES string of the molecule is COc1ccc(N2C=CN=CN2)cc1. The summed E-state index contributed by atoms with van der Waals surface area (Å²) in [6.45, 7) is 0. The summed E-state index contributed by atoms with van der Waals surface area (Å²) < 4.78 is 5.07. The van der Waals surface area contributed by atoms with Crippen molar-refractivity contribution in [3.63, 3.8) is 0 Å². The molecule has 0 saturated heterocycles. The van der Waals surface area contributed by atoms with Crippen molar-refractivity contribution in [3.8, 4) is 5.75 Å². The van der Waals surface area contributed by atoms with E-state index < -0.39 is 0 Å². The van der Waals surface area contributed by atoms with Crippen molar-refractivity contribution in [1.29, 1.82) is 0 Å². The molecule has 0 bridgehead atoms. The number of aliphatic imine (C=N–C) groups is 1. The molecule has 0 unspecified atom stereocenters. The molecule has 1 aliphatic rings. The first-order valence-electron chi connectivity index (χ1n) is 4.28. The van der Waals surface area contributed by atoms with E-state index in [-0.39, 0.29) is 0 Å². The molecule has 0 amide bonds. The van der Waals surface area contributed by atoms with Gasteiger partial charge in [0.15, 0.2) is 0 Å². The van der Waals surface area contributed by atoms with Crippen LogP contribution in [0.1, 0.15) is 0 Å². The van der Waals surface area contributed by atoms with E-state index >= 15 is 0 Å². The number of benzene rings is 1. The van der Waals surface area contributed by atoms with Gasteiger partial charge in [-0.05, 0) is 24.3 Å². The lowest BCUT2D eigenvalue weighted by Crippen LogP contribution is -2.33. The van der Waals surface area contributed by atoms with Crippen LogP contribution in [-0.2, 0) is 0 Å². The summed E-state index contributed by atoms with van der Waals surface area (Å²) >= 11 is 0. The van der Waals surface area contributed by atoms with Gasteiger partial charge in [-0.1, -0.05) is 0 Å². The van der Waals surface area contributed by atoms with Crippen molar-refractivity contribution >= 4 is 12.0 Å². The second kappa shape index (κ2) is 3.83. The molecule has 0 saturated carbocycles. The summed E-state index contributed by atoms with van der Waals surface area (Å²) in [6.07, 6.45) is 5.20. The van der Waals surface area contributed by atoms with Gasteiger partial charge in [0.1, 0.15) is 12.1 Å². The lowest BCUT2D eigenvalue weighted by Gasteiger charge is -2.21. The Bertz CT molecular complexity index is 356. The Hall–Kier alpha value is -1.97. The van der Waals surface area contributed by atoms with Gasteiger partial charge < -0.3 is 4.74 Å². The van der Waals surface area contributed by atoms with E-state index in [0.29, 0.717) is 0 Å². The maximum Gasteiger partial charge on any atom is 0.119 e. The molecule has 0 aromatic heterocycles. The number of methoxy groups -OCH3 is 1. The Balaban J connectivity index is 2.16. The van der Waals surface area contributed by atoms with Crippen molar-refractivity contribution < 1.29 is 4.74 Å². The standard InChI is InChI=1S/C10H11N3O/c1-14-10-4-2-9(3-5-10)13-7-6-11-8-12-13/h2-8H,1H3,(H,11,12). The number of hydrogen-bond donors (Lipinski definition) is 1. The molecule has 0 radical (unpaired) electrons. The van der Waals surface area contributed by atoms with Gasteiger partial charge >= 0.3 is 0 Å². The Labute approximate surface area is 82.5 Å². The topological polar surface area (TPSA) is 36.9 Å². The minimum absolute atomic E-state index is 0.850. The number of nitrogens with zero attached hydrogens (tertiary/aromatic N) is 2. The predicted octanol–water partition coefficient (Wildman–Crippen LogP) is 1.52. The molecule has 0 aliphatic carbocycles. The molecule has 1 aliphatic heterocycles. The second-order valence-electron chi connectivity index (χ2n) is 2.77. The summed E-state index contributed by atoms with van der Waals surface area (Å²) in [5, 5.41) is 1.87. The minimum Gasteiger partial charge on any atom is -0.497 e. The predicted molar refractivity (Wildman–Crippen MR) is 56.2 cm³/mol. The van der Waals surface area contributed by atoms with Crippen LogP contribution < -0.4 is 15.2 Å². The molecule has 2 rings (SSSR count). The van der Waals surface area contributed by atoms with E-state index in [0.717, 1.165) is 11.4 Å². The van der Waals surface area contributed by atoms with Crippen LogP contribution in [-0.4, -0.2) is 13.4 Å². The van der Waals surface area contributed by atoms with Crippen LogP contribution in [0, 0.1) is 0 Å². The first kappa shape index (κ1) is 8.62. The fourth-order valence-electron chi connectivity index (χ4n) is 1.19. The molecule has 0 fully saturated rings. The van der Waals surface area contributed by atoms with Crippen molar-refractivity contribution in [2.24, 2.45) is 4.99 Å². The highest BCUT2D eigenvalue weighted by Gasteiger charge is 2.02. The van der Waals surface area contributed by atoms with Gasteiger partial charge in [0.25, 0.3) is 0 Å². The van der Waals surface area contributed by atoms with Gasteiger partial charge in [-0.25, -0.2) is 4.99 Å².